The molecule has 0 aliphatic rings. The van der Waals surface area contributed by atoms with E-state index in [-0.39, 0.29) is 0 Å². The van der Waals surface area contributed by atoms with Crippen LogP contribution in [0, 0.1) is 0 Å². The van der Waals surface area contributed by atoms with Crippen molar-refractivity contribution >= 4 is 11.8 Å². The Bertz CT molecular complexity index is 491. The second-order valence-corrected chi connectivity index (χ2v) is 4.33. The van der Waals surface area contributed by atoms with Crippen molar-refractivity contribution in [2.45, 2.75) is 6.92 Å². The molecule has 98 valence electrons. The maximum atomic E-state index is 3.40. The minimum Gasteiger partial charge on any atom is -0.319 e. The molecule has 0 heterocycles. The normalized spacial score (nSPS) is 11.1. The van der Waals surface area contributed by atoms with Crippen molar-refractivity contribution in [2.24, 2.45) is 0 Å². The van der Waals surface area contributed by atoms with E-state index in [0.717, 1.165) is 18.8 Å². The molecule has 2 heteroatoms. The van der Waals surface area contributed by atoms with Crippen LogP contribution in [-0.4, -0.2) is 18.1 Å². The molecule has 0 saturated carbocycles. The Morgan fingerprint density at radius 1 is 0.947 bits per heavy atom. The van der Waals surface area contributed by atoms with Gasteiger partial charge in [-0.3, -0.25) is 0 Å². The number of hydrogen-bond acceptors (Lipinski definition) is 2. The van der Waals surface area contributed by atoms with Gasteiger partial charge in [-0.25, -0.2) is 5.01 Å². The van der Waals surface area contributed by atoms with Crippen molar-refractivity contribution in [1.82, 2.24) is 5.01 Å². The quantitative estimate of drug-likeness (QED) is 0.780. The van der Waals surface area contributed by atoms with Gasteiger partial charge in [0.15, 0.2) is 0 Å². The first-order valence-electron chi connectivity index (χ1n) is 6.66. The molecule has 2 nitrogen and oxygen atoms in total. The van der Waals surface area contributed by atoms with Gasteiger partial charge >= 0.3 is 0 Å². The number of hydrogen-bond donors (Lipinski definition) is 1. The Labute approximate surface area is 115 Å². The highest BCUT2D eigenvalue weighted by molar-refractivity contribution is 5.49. The van der Waals surface area contributed by atoms with Gasteiger partial charge in [-0.2, -0.15) is 0 Å². The summed E-state index contributed by atoms with van der Waals surface area (Å²) in [4.78, 5) is 0. The predicted molar refractivity (Wildman–Crippen MR) is 82.8 cm³/mol. The summed E-state index contributed by atoms with van der Waals surface area (Å²) in [7, 11) is 0. The van der Waals surface area contributed by atoms with Gasteiger partial charge in [-0.05, 0) is 17.7 Å². The molecule has 0 spiro atoms. The molecule has 2 aromatic rings. The molecule has 1 N–H and O–H groups in total. The first kappa shape index (κ1) is 13.4. The van der Waals surface area contributed by atoms with E-state index in [1.54, 1.807) is 0 Å². The van der Waals surface area contributed by atoms with Gasteiger partial charge in [-0.1, -0.05) is 67.6 Å². The lowest BCUT2D eigenvalue weighted by Gasteiger charge is -2.21. The summed E-state index contributed by atoms with van der Waals surface area (Å²) >= 11 is 0. The molecule has 0 amide bonds. The molecular weight excluding hydrogens is 232 g/mol. The average Bonchev–Trinajstić information content (AvgIpc) is 2.48. The van der Waals surface area contributed by atoms with Gasteiger partial charge in [-0.15, -0.1) is 0 Å². The van der Waals surface area contributed by atoms with Gasteiger partial charge in [0.25, 0.3) is 0 Å². The molecule has 2 rings (SSSR count). The van der Waals surface area contributed by atoms with E-state index < -0.39 is 0 Å². The molecule has 0 bridgehead atoms. The third-order valence-corrected chi connectivity index (χ3v) is 2.88. The van der Waals surface area contributed by atoms with Crippen molar-refractivity contribution in [3.05, 3.63) is 72.3 Å². The van der Waals surface area contributed by atoms with Gasteiger partial charge in [0.2, 0.25) is 0 Å². The third-order valence-electron chi connectivity index (χ3n) is 2.88. The fourth-order valence-electron chi connectivity index (χ4n) is 1.83. The topological polar surface area (TPSA) is 15.3 Å². The Morgan fingerprint density at radius 3 is 2.21 bits per heavy atom. The van der Waals surface area contributed by atoms with Crippen molar-refractivity contribution < 1.29 is 0 Å². The first-order chi connectivity index (χ1) is 9.38. The highest BCUT2D eigenvalue weighted by Crippen LogP contribution is 2.07. The summed E-state index contributed by atoms with van der Waals surface area (Å²) in [5.74, 6) is 0. The molecule has 0 aliphatic heterocycles. The highest BCUT2D eigenvalue weighted by atomic mass is 15.5. The molecule has 19 heavy (non-hydrogen) atoms. The zero-order valence-corrected chi connectivity index (χ0v) is 11.3. The fraction of sp³-hybridized carbons (Fsp3) is 0.176. The minimum atomic E-state index is 0.875. The van der Waals surface area contributed by atoms with Crippen molar-refractivity contribution in [1.29, 1.82) is 0 Å². The smallest absolute Gasteiger partial charge is 0.0490 e. The summed E-state index contributed by atoms with van der Waals surface area (Å²) < 4.78 is 0. The lowest BCUT2D eigenvalue weighted by Crippen LogP contribution is -2.29. The van der Waals surface area contributed by atoms with Crippen LogP contribution in [-0.2, 0) is 0 Å². The van der Waals surface area contributed by atoms with Crippen molar-refractivity contribution in [3.63, 3.8) is 0 Å². The van der Waals surface area contributed by atoms with Crippen LogP contribution in [0.5, 0.6) is 0 Å². The zero-order chi connectivity index (χ0) is 13.3. The standard InChI is InChI=1S/C17H20N2/c1-2-19(18-17-13-7-4-8-14-17)15-9-12-16-10-5-3-6-11-16/h3-14,18H,2,15H2,1H3. The molecule has 0 unspecified atom stereocenters. The molecule has 2 aromatic carbocycles. The summed E-state index contributed by atoms with van der Waals surface area (Å²) in [6.45, 7) is 3.97. The largest absolute Gasteiger partial charge is 0.319 e. The van der Waals surface area contributed by atoms with Gasteiger partial charge in [0, 0.05) is 18.8 Å². The van der Waals surface area contributed by atoms with Crippen LogP contribution in [0.15, 0.2) is 66.7 Å². The maximum absolute atomic E-state index is 3.40. The van der Waals surface area contributed by atoms with Crippen LogP contribution < -0.4 is 5.43 Å². The van der Waals surface area contributed by atoms with Crippen LogP contribution in [0.1, 0.15) is 12.5 Å². The number of hydrazine groups is 1. The number of nitrogens with zero attached hydrogens (tertiary/aromatic N) is 1. The molecule has 0 aromatic heterocycles. The first-order valence-corrected chi connectivity index (χ1v) is 6.66. The SMILES string of the molecule is CCN(CC=Cc1ccccc1)Nc1ccccc1. The number of benzene rings is 2. The molecule has 0 saturated heterocycles. The minimum absolute atomic E-state index is 0.875. The molecule has 0 aliphatic carbocycles. The number of anilines is 1. The summed E-state index contributed by atoms with van der Waals surface area (Å²) in [6.07, 6.45) is 4.32. The Morgan fingerprint density at radius 2 is 1.58 bits per heavy atom. The number of likely N-dealkylation sites (N-methyl/N-ethyl adjacent to an activating group) is 1. The van der Waals surface area contributed by atoms with Crippen LogP contribution in [0.4, 0.5) is 5.69 Å². The predicted octanol–water partition coefficient (Wildman–Crippen LogP) is 4.05. The molecular formula is C17H20N2. The summed E-state index contributed by atoms with van der Waals surface area (Å²) in [5, 5.41) is 2.18. The number of para-hydroxylation sites is 1. The second kappa shape index (κ2) is 7.39. The third kappa shape index (κ3) is 4.60. The average molecular weight is 252 g/mol. The fourth-order valence-corrected chi connectivity index (χ4v) is 1.83. The van der Waals surface area contributed by atoms with Crippen LogP contribution in [0.2, 0.25) is 0 Å². The summed E-state index contributed by atoms with van der Waals surface area (Å²) in [6, 6.07) is 20.6. The lowest BCUT2D eigenvalue weighted by molar-refractivity contribution is 0.386. The van der Waals surface area contributed by atoms with E-state index in [1.807, 2.05) is 24.3 Å². The summed E-state index contributed by atoms with van der Waals surface area (Å²) in [5.41, 5.74) is 5.75. The number of nitrogens with one attached hydrogen (secondary N) is 1. The Hall–Kier alpha value is -2.06. The Balaban J connectivity index is 1.88. The van der Waals surface area contributed by atoms with E-state index in [2.05, 4.69) is 65.9 Å². The lowest BCUT2D eigenvalue weighted by atomic mass is 10.2. The molecule has 0 radical (unpaired) electrons. The van der Waals surface area contributed by atoms with Crippen LogP contribution in [0.3, 0.4) is 0 Å². The number of rotatable bonds is 6. The van der Waals surface area contributed by atoms with E-state index in [1.165, 1.54) is 5.56 Å². The molecule has 0 fully saturated rings. The van der Waals surface area contributed by atoms with E-state index in [0.29, 0.717) is 0 Å². The highest BCUT2D eigenvalue weighted by Gasteiger charge is 1.98. The van der Waals surface area contributed by atoms with Gasteiger partial charge in [0.1, 0.15) is 0 Å². The second-order valence-electron chi connectivity index (χ2n) is 4.33. The van der Waals surface area contributed by atoms with E-state index in [9.17, 15) is 0 Å². The maximum Gasteiger partial charge on any atom is 0.0490 e. The van der Waals surface area contributed by atoms with Gasteiger partial charge < -0.3 is 5.43 Å². The van der Waals surface area contributed by atoms with Gasteiger partial charge in [0.05, 0.1) is 0 Å². The van der Waals surface area contributed by atoms with Crippen molar-refractivity contribution in [2.75, 3.05) is 18.5 Å². The Kier molecular flexibility index (Phi) is 5.20. The van der Waals surface area contributed by atoms with Crippen LogP contribution >= 0.6 is 0 Å². The van der Waals surface area contributed by atoms with Crippen molar-refractivity contribution in [3.8, 4) is 0 Å². The van der Waals surface area contributed by atoms with Crippen LogP contribution in [0.25, 0.3) is 6.08 Å². The zero-order valence-electron chi connectivity index (χ0n) is 11.3. The monoisotopic (exact) mass is 252 g/mol. The molecule has 0 atom stereocenters. The van der Waals surface area contributed by atoms with E-state index >= 15 is 0 Å². The van der Waals surface area contributed by atoms with E-state index in [4.69, 9.17) is 0 Å².